The molecule has 0 radical (unpaired) electrons. The highest BCUT2D eigenvalue weighted by molar-refractivity contribution is 5.93. The quantitative estimate of drug-likeness (QED) is 0.621. The van der Waals surface area contributed by atoms with Crippen molar-refractivity contribution >= 4 is 5.84 Å². The normalized spacial score (nSPS) is 15.2. The minimum Gasteiger partial charge on any atom is -0.382 e. The summed E-state index contributed by atoms with van der Waals surface area (Å²) in [5, 5.41) is 7.42. The second-order valence-corrected chi connectivity index (χ2v) is 4.71. The summed E-state index contributed by atoms with van der Waals surface area (Å²) >= 11 is 0. The van der Waals surface area contributed by atoms with E-state index in [9.17, 15) is 0 Å². The van der Waals surface area contributed by atoms with E-state index in [4.69, 9.17) is 11.1 Å². The van der Waals surface area contributed by atoms with Crippen LogP contribution in [0.1, 0.15) is 17.1 Å². The Balaban J connectivity index is 1.72. The van der Waals surface area contributed by atoms with Crippen LogP contribution in [0, 0.1) is 5.41 Å². The average Bonchev–Trinajstić information content (AvgIpc) is 2.86. The van der Waals surface area contributed by atoms with Gasteiger partial charge in [-0.15, -0.1) is 0 Å². The summed E-state index contributed by atoms with van der Waals surface area (Å²) in [5.41, 5.74) is 7.12. The van der Waals surface area contributed by atoms with Crippen LogP contribution in [0.2, 0.25) is 0 Å². The van der Waals surface area contributed by atoms with Crippen LogP contribution in [0.5, 0.6) is 0 Å². The smallest absolute Gasteiger partial charge is 0.141 e. The van der Waals surface area contributed by atoms with Gasteiger partial charge in [0.2, 0.25) is 0 Å². The van der Waals surface area contributed by atoms with Gasteiger partial charge in [-0.25, -0.2) is 4.98 Å². The van der Waals surface area contributed by atoms with E-state index in [-0.39, 0.29) is 5.84 Å². The van der Waals surface area contributed by atoms with E-state index in [2.05, 4.69) is 19.4 Å². The van der Waals surface area contributed by atoms with Crippen molar-refractivity contribution in [1.29, 1.82) is 5.41 Å². The minimum atomic E-state index is 0.0102. The van der Waals surface area contributed by atoms with Crippen molar-refractivity contribution in [2.45, 2.75) is 19.6 Å². The van der Waals surface area contributed by atoms with Gasteiger partial charge in [0.1, 0.15) is 17.4 Å². The third kappa shape index (κ3) is 2.48. The van der Waals surface area contributed by atoms with Crippen LogP contribution in [0.25, 0.3) is 0 Å². The highest BCUT2D eigenvalue weighted by Crippen LogP contribution is 2.14. The molecule has 2 aromatic rings. The van der Waals surface area contributed by atoms with Crippen LogP contribution in [0.4, 0.5) is 0 Å². The third-order valence-corrected chi connectivity index (χ3v) is 3.33. The van der Waals surface area contributed by atoms with Crippen molar-refractivity contribution in [2.24, 2.45) is 5.73 Å². The van der Waals surface area contributed by atoms with Gasteiger partial charge in [0.15, 0.2) is 0 Å². The lowest BCUT2D eigenvalue weighted by Gasteiger charge is -2.27. The molecule has 0 spiro atoms. The molecule has 6 nitrogen and oxygen atoms in total. The van der Waals surface area contributed by atoms with Gasteiger partial charge in [0, 0.05) is 38.2 Å². The van der Waals surface area contributed by atoms with Crippen LogP contribution in [0.3, 0.4) is 0 Å². The molecule has 0 saturated heterocycles. The molecule has 3 rings (SSSR count). The first kappa shape index (κ1) is 11.9. The number of imidazole rings is 1. The molecule has 3 N–H and O–H groups in total. The molecule has 0 aromatic carbocycles. The molecule has 0 atom stereocenters. The molecule has 0 bridgehead atoms. The van der Waals surface area contributed by atoms with Gasteiger partial charge < -0.3 is 10.3 Å². The summed E-state index contributed by atoms with van der Waals surface area (Å²) < 4.78 is 2.18. The first-order chi connectivity index (χ1) is 9.22. The van der Waals surface area contributed by atoms with Crippen molar-refractivity contribution < 1.29 is 0 Å². The van der Waals surface area contributed by atoms with Gasteiger partial charge >= 0.3 is 0 Å². The molecule has 1 aliphatic rings. The van der Waals surface area contributed by atoms with Crippen LogP contribution < -0.4 is 5.73 Å². The van der Waals surface area contributed by atoms with Crippen molar-refractivity contribution in [3.8, 4) is 0 Å². The summed E-state index contributed by atoms with van der Waals surface area (Å²) in [7, 11) is 0. The number of nitrogens with zero attached hydrogens (tertiary/aromatic N) is 4. The first-order valence-electron chi connectivity index (χ1n) is 6.24. The maximum atomic E-state index is 7.42. The van der Waals surface area contributed by atoms with Gasteiger partial charge in [0.05, 0.1) is 6.54 Å². The number of rotatable bonds is 3. The van der Waals surface area contributed by atoms with Gasteiger partial charge in [-0.2, -0.15) is 0 Å². The zero-order valence-electron chi connectivity index (χ0n) is 10.6. The summed E-state index contributed by atoms with van der Waals surface area (Å²) in [6.45, 7) is 3.65. The number of hydrogen-bond donors (Lipinski definition) is 2. The van der Waals surface area contributed by atoms with E-state index < -0.39 is 0 Å². The molecule has 6 heteroatoms. The molecule has 3 heterocycles. The second-order valence-electron chi connectivity index (χ2n) is 4.71. The monoisotopic (exact) mass is 256 g/mol. The Morgan fingerprint density at radius 2 is 2.21 bits per heavy atom. The Bertz CT molecular complexity index is 603. The van der Waals surface area contributed by atoms with E-state index in [0.29, 0.717) is 5.69 Å². The molecule has 2 aromatic heterocycles. The molecule has 19 heavy (non-hydrogen) atoms. The number of nitrogen functional groups attached to an aromatic ring is 1. The van der Waals surface area contributed by atoms with Crippen LogP contribution in [-0.2, 0) is 19.6 Å². The third-order valence-electron chi connectivity index (χ3n) is 3.33. The lowest BCUT2D eigenvalue weighted by Crippen LogP contribution is -2.33. The SMILES string of the molecule is N=C(N)c1cc(CN2CCn3ccnc3C2)ccn1. The fraction of sp³-hybridized carbons (Fsp3) is 0.308. The zero-order valence-corrected chi connectivity index (χ0v) is 10.6. The van der Waals surface area contributed by atoms with E-state index >= 15 is 0 Å². The van der Waals surface area contributed by atoms with Gasteiger partial charge in [-0.1, -0.05) is 0 Å². The van der Waals surface area contributed by atoms with Gasteiger partial charge in [0.25, 0.3) is 0 Å². The number of fused-ring (bicyclic) bond motifs is 1. The van der Waals surface area contributed by atoms with E-state index in [1.807, 2.05) is 24.5 Å². The lowest BCUT2D eigenvalue weighted by atomic mass is 10.2. The Morgan fingerprint density at radius 1 is 1.32 bits per heavy atom. The predicted molar refractivity (Wildman–Crippen MR) is 71.6 cm³/mol. The number of amidine groups is 1. The van der Waals surface area contributed by atoms with E-state index in [1.165, 1.54) is 0 Å². The lowest BCUT2D eigenvalue weighted by molar-refractivity contribution is 0.209. The maximum Gasteiger partial charge on any atom is 0.141 e. The summed E-state index contributed by atoms with van der Waals surface area (Å²) in [4.78, 5) is 10.8. The molecule has 0 fully saturated rings. The Labute approximate surface area is 111 Å². The Kier molecular flexibility index (Phi) is 3.00. The number of nitrogens with two attached hydrogens (primary N) is 1. The Morgan fingerprint density at radius 3 is 3.05 bits per heavy atom. The van der Waals surface area contributed by atoms with Crippen molar-refractivity contribution in [2.75, 3.05) is 6.54 Å². The van der Waals surface area contributed by atoms with Gasteiger partial charge in [-0.3, -0.25) is 15.3 Å². The topological polar surface area (TPSA) is 83.8 Å². The van der Waals surface area contributed by atoms with Crippen molar-refractivity contribution in [1.82, 2.24) is 19.4 Å². The molecule has 1 aliphatic heterocycles. The molecule has 0 saturated carbocycles. The average molecular weight is 256 g/mol. The molecule has 0 aliphatic carbocycles. The summed E-state index contributed by atoms with van der Waals surface area (Å²) in [5.74, 6) is 1.11. The van der Waals surface area contributed by atoms with Crippen molar-refractivity contribution in [3.63, 3.8) is 0 Å². The Hall–Kier alpha value is -2.21. The number of pyridine rings is 1. The molecular weight excluding hydrogens is 240 g/mol. The first-order valence-corrected chi connectivity index (χ1v) is 6.24. The standard InChI is InChI=1S/C13H16N6/c14-13(15)11-7-10(1-2-16-11)8-18-5-6-19-4-3-17-12(19)9-18/h1-4,7H,5-6,8-9H2,(H3,14,15). The largest absolute Gasteiger partial charge is 0.382 e. The molecule has 0 unspecified atom stereocenters. The minimum absolute atomic E-state index is 0.0102. The van der Waals surface area contributed by atoms with E-state index in [0.717, 1.165) is 37.6 Å². The van der Waals surface area contributed by atoms with E-state index in [1.54, 1.807) is 6.20 Å². The molecular formula is C13H16N6. The number of hydrogen-bond acceptors (Lipinski definition) is 4. The highest BCUT2D eigenvalue weighted by atomic mass is 15.2. The van der Waals surface area contributed by atoms with Crippen LogP contribution >= 0.6 is 0 Å². The van der Waals surface area contributed by atoms with Crippen LogP contribution in [0.15, 0.2) is 30.7 Å². The second kappa shape index (κ2) is 4.81. The zero-order chi connectivity index (χ0) is 13.2. The highest BCUT2D eigenvalue weighted by Gasteiger charge is 2.16. The summed E-state index contributed by atoms with van der Waals surface area (Å²) in [6, 6.07) is 3.84. The fourth-order valence-corrected chi connectivity index (χ4v) is 2.34. The van der Waals surface area contributed by atoms with Crippen molar-refractivity contribution in [3.05, 3.63) is 47.8 Å². The van der Waals surface area contributed by atoms with Gasteiger partial charge in [-0.05, 0) is 17.7 Å². The van der Waals surface area contributed by atoms with Crippen LogP contribution in [-0.4, -0.2) is 31.8 Å². The fourth-order valence-electron chi connectivity index (χ4n) is 2.34. The molecule has 0 amide bonds. The predicted octanol–water partition coefficient (Wildman–Crippen LogP) is 0.578. The molecule has 98 valence electrons. The number of nitrogens with one attached hydrogen (secondary N) is 1. The maximum absolute atomic E-state index is 7.42. The number of aromatic nitrogens is 3. The summed E-state index contributed by atoms with van der Waals surface area (Å²) in [6.07, 6.45) is 5.57.